The minimum absolute atomic E-state index is 0.0164. The quantitative estimate of drug-likeness (QED) is 0.198. The minimum atomic E-state index is -4.28. The van der Waals surface area contributed by atoms with Crippen LogP contribution in [0.5, 0.6) is 5.75 Å². The summed E-state index contributed by atoms with van der Waals surface area (Å²) < 4.78 is 37.7. The van der Waals surface area contributed by atoms with Crippen molar-refractivity contribution in [3.05, 3.63) is 53.1 Å². The van der Waals surface area contributed by atoms with Crippen molar-refractivity contribution in [2.45, 2.75) is 77.9 Å². The summed E-state index contributed by atoms with van der Waals surface area (Å²) in [7, 11) is -4.28. The summed E-state index contributed by atoms with van der Waals surface area (Å²) in [4.78, 5) is 28.9. The molecular weight excluding hydrogens is 565 g/mol. The number of benzene rings is 1. The van der Waals surface area contributed by atoms with Crippen molar-refractivity contribution < 1.29 is 33.0 Å². The first-order valence-electron chi connectivity index (χ1n) is 14.0. The number of para-hydroxylation sites is 1. The molecule has 1 aromatic heterocycles. The number of nitrogens with zero attached hydrogens (tertiary/aromatic N) is 3. The van der Waals surface area contributed by atoms with Crippen LogP contribution >= 0.6 is 7.75 Å². The SMILES string of the molecule is CCCC(CCC)COC(=O)C(C)NP(=O)(OCC1OC(n2ccc(N)nc2=O)C(C)(C#N)C1O)Oc1ccccc1. The summed E-state index contributed by atoms with van der Waals surface area (Å²) in [5.74, 6) is -0.214. The molecule has 14 heteroatoms. The normalized spacial score (nSPS) is 24.1. The molecule has 1 aliphatic heterocycles. The smallest absolute Gasteiger partial charge is 0.459 e. The van der Waals surface area contributed by atoms with E-state index in [1.807, 2.05) is 6.07 Å². The van der Waals surface area contributed by atoms with Crippen LogP contribution in [0.15, 0.2) is 47.4 Å². The molecule has 230 valence electrons. The van der Waals surface area contributed by atoms with Gasteiger partial charge < -0.3 is 24.8 Å². The largest absolute Gasteiger partial charge is 0.464 e. The second kappa shape index (κ2) is 14.8. The summed E-state index contributed by atoms with van der Waals surface area (Å²) in [6, 6.07) is 10.5. The van der Waals surface area contributed by atoms with E-state index in [1.54, 1.807) is 30.3 Å². The van der Waals surface area contributed by atoms with Crippen LogP contribution in [0.1, 0.15) is 59.6 Å². The van der Waals surface area contributed by atoms with Crippen LogP contribution in [0.4, 0.5) is 5.82 Å². The van der Waals surface area contributed by atoms with Gasteiger partial charge >= 0.3 is 19.4 Å². The van der Waals surface area contributed by atoms with Gasteiger partial charge in [0.1, 0.15) is 35.2 Å². The fourth-order valence-electron chi connectivity index (χ4n) is 4.75. The number of anilines is 1. The van der Waals surface area contributed by atoms with Gasteiger partial charge in [-0.25, -0.2) is 9.36 Å². The van der Waals surface area contributed by atoms with Crippen LogP contribution in [-0.2, 0) is 23.4 Å². The topological polar surface area (TPSA) is 188 Å². The van der Waals surface area contributed by atoms with Gasteiger partial charge in [-0.05, 0) is 50.8 Å². The first-order valence-corrected chi connectivity index (χ1v) is 15.5. The van der Waals surface area contributed by atoms with E-state index >= 15 is 0 Å². The number of nitriles is 1. The Hall–Kier alpha value is -3.27. The van der Waals surface area contributed by atoms with Crippen LogP contribution in [-0.4, -0.2) is 52.1 Å². The minimum Gasteiger partial charge on any atom is -0.464 e. The molecular formula is C28H40N5O8P. The lowest BCUT2D eigenvalue weighted by Gasteiger charge is -2.26. The Morgan fingerprint density at radius 1 is 1.29 bits per heavy atom. The molecule has 2 aromatic rings. The molecule has 13 nitrogen and oxygen atoms in total. The molecule has 4 N–H and O–H groups in total. The number of aromatic nitrogens is 2. The Labute approximate surface area is 245 Å². The molecule has 0 bridgehead atoms. The summed E-state index contributed by atoms with van der Waals surface area (Å²) >= 11 is 0. The van der Waals surface area contributed by atoms with Crippen molar-refractivity contribution in [1.82, 2.24) is 14.6 Å². The molecule has 1 aromatic carbocycles. The molecule has 0 spiro atoms. The van der Waals surface area contributed by atoms with Crippen molar-refractivity contribution >= 4 is 19.5 Å². The molecule has 1 fully saturated rings. The van der Waals surface area contributed by atoms with E-state index in [1.165, 1.54) is 26.1 Å². The van der Waals surface area contributed by atoms with Gasteiger partial charge in [0, 0.05) is 6.20 Å². The Balaban J connectivity index is 1.77. The highest BCUT2D eigenvalue weighted by molar-refractivity contribution is 7.52. The first-order chi connectivity index (χ1) is 20.0. The van der Waals surface area contributed by atoms with Crippen LogP contribution in [0, 0.1) is 22.7 Å². The number of nitrogens with one attached hydrogen (secondary N) is 1. The molecule has 3 rings (SSSR count). The predicted molar refractivity (Wildman–Crippen MR) is 154 cm³/mol. The van der Waals surface area contributed by atoms with E-state index in [0.717, 1.165) is 30.3 Å². The average molecular weight is 606 g/mol. The lowest BCUT2D eigenvalue weighted by molar-refractivity contribution is -0.146. The van der Waals surface area contributed by atoms with E-state index < -0.39 is 55.9 Å². The highest BCUT2D eigenvalue weighted by atomic mass is 31.2. The number of ether oxygens (including phenoxy) is 2. The molecule has 0 amide bonds. The predicted octanol–water partition coefficient (Wildman–Crippen LogP) is 3.56. The maximum absolute atomic E-state index is 13.9. The summed E-state index contributed by atoms with van der Waals surface area (Å²) in [5.41, 5.74) is 3.20. The van der Waals surface area contributed by atoms with Crippen molar-refractivity contribution in [2.75, 3.05) is 18.9 Å². The van der Waals surface area contributed by atoms with Crippen LogP contribution in [0.2, 0.25) is 0 Å². The third-order valence-corrected chi connectivity index (χ3v) is 8.71. The fourth-order valence-corrected chi connectivity index (χ4v) is 6.25. The highest BCUT2D eigenvalue weighted by Crippen LogP contribution is 2.48. The molecule has 0 radical (unpaired) electrons. The second-order valence-corrected chi connectivity index (χ2v) is 12.2. The van der Waals surface area contributed by atoms with Crippen molar-refractivity contribution in [1.29, 1.82) is 5.26 Å². The maximum Gasteiger partial charge on any atom is 0.459 e. The van der Waals surface area contributed by atoms with Gasteiger partial charge in [0.2, 0.25) is 0 Å². The molecule has 42 heavy (non-hydrogen) atoms. The lowest BCUT2D eigenvalue weighted by Crippen LogP contribution is -2.40. The van der Waals surface area contributed by atoms with E-state index in [4.69, 9.17) is 24.3 Å². The first kappa shape index (κ1) is 33.2. The molecule has 1 saturated heterocycles. The average Bonchev–Trinajstić information content (AvgIpc) is 3.21. The number of aliphatic hydroxyl groups is 1. The second-order valence-electron chi connectivity index (χ2n) is 10.5. The number of nitrogens with two attached hydrogens (primary N) is 1. The van der Waals surface area contributed by atoms with Crippen LogP contribution in [0.25, 0.3) is 0 Å². The van der Waals surface area contributed by atoms with Gasteiger partial charge in [-0.1, -0.05) is 44.9 Å². The number of carbonyl (C=O) groups excluding carboxylic acids is 1. The maximum atomic E-state index is 13.9. The molecule has 0 aliphatic carbocycles. The molecule has 2 heterocycles. The Bertz CT molecular complexity index is 1330. The number of nitrogen functional groups attached to an aromatic ring is 1. The Morgan fingerprint density at radius 2 is 1.95 bits per heavy atom. The summed E-state index contributed by atoms with van der Waals surface area (Å²) in [5, 5.41) is 23.6. The standard InChI is InChI=1S/C28H40N5O8P/c1-5-10-20(11-6-2)16-38-25(35)19(3)32-42(37,41-21-12-8-7-9-13-21)39-17-22-24(34)28(4,18-29)26(40-22)33-15-14-23(30)31-27(33)36/h7-9,12-15,19-20,22,24,26,34H,5-6,10-11,16-17H2,1-4H3,(H,32,37)(H2,30,31,36). The van der Waals surface area contributed by atoms with Gasteiger partial charge in [0.05, 0.1) is 19.3 Å². The summed E-state index contributed by atoms with van der Waals surface area (Å²) in [6.07, 6.45) is 1.18. The molecule has 1 aliphatic rings. The highest BCUT2D eigenvalue weighted by Gasteiger charge is 2.55. The van der Waals surface area contributed by atoms with Gasteiger partial charge in [0.25, 0.3) is 0 Å². The van der Waals surface area contributed by atoms with Crippen molar-refractivity contribution in [2.24, 2.45) is 11.3 Å². The fraction of sp³-hybridized carbons (Fsp3) is 0.571. The Kier molecular flexibility index (Phi) is 11.7. The van der Waals surface area contributed by atoms with Gasteiger partial charge in [-0.15, -0.1) is 0 Å². The number of hydrogen-bond acceptors (Lipinski definition) is 11. The van der Waals surface area contributed by atoms with E-state index in [9.17, 15) is 24.5 Å². The summed E-state index contributed by atoms with van der Waals surface area (Å²) in [6.45, 7) is 6.77. The number of hydrogen-bond donors (Lipinski definition) is 3. The van der Waals surface area contributed by atoms with E-state index in [0.29, 0.717) is 0 Å². The van der Waals surface area contributed by atoms with Gasteiger partial charge in [-0.2, -0.15) is 15.3 Å². The lowest BCUT2D eigenvalue weighted by atomic mass is 9.84. The number of aliphatic hydroxyl groups excluding tert-OH is 1. The van der Waals surface area contributed by atoms with Crippen LogP contribution < -0.4 is 21.0 Å². The monoisotopic (exact) mass is 605 g/mol. The van der Waals surface area contributed by atoms with Crippen molar-refractivity contribution in [3.63, 3.8) is 0 Å². The Morgan fingerprint density at radius 3 is 2.55 bits per heavy atom. The van der Waals surface area contributed by atoms with Gasteiger partial charge in [-0.3, -0.25) is 13.9 Å². The number of esters is 1. The molecule has 6 atom stereocenters. The zero-order valence-electron chi connectivity index (χ0n) is 24.3. The van der Waals surface area contributed by atoms with Gasteiger partial charge in [0.15, 0.2) is 6.23 Å². The number of carbonyl (C=O) groups is 1. The molecule has 6 unspecified atom stereocenters. The van der Waals surface area contributed by atoms with Crippen LogP contribution in [0.3, 0.4) is 0 Å². The number of rotatable bonds is 15. The molecule has 0 saturated carbocycles. The third kappa shape index (κ3) is 8.18. The zero-order chi connectivity index (χ0) is 30.9. The zero-order valence-corrected chi connectivity index (χ0v) is 25.2. The third-order valence-electron chi connectivity index (χ3n) is 7.07. The van der Waals surface area contributed by atoms with E-state index in [-0.39, 0.29) is 24.1 Å². The van der Waals surface area contributed by atoms with E-state index in [2.05, 4.69) is 23.9 Å². The van der Waals surface area contributed by atoms with Crippen molar-refractivity contribution in [3.8, 4) is 11.8 Å².